The minimum Gasteiger partial charge on any atom is -0.386 e. The number of thiophene rings is 1. The highest BCUT2D eigenvalue weighted by molar-refractivity contribution is 7.19. The van der Waals surface area contributed by atoms with Gasteiger partial charge in [-0.15, -0.1) is 11.3 Å². The Labute approximate surface area is 144 Å². The van der Waals surface area contributed by atoms with E-state index in [2.05, 4.69) is 10.3 Å². The van der Waals surface area contributed by atoms with Crippen molar-refractivity contribution in [2.75, 3.05) is 25.5 Å². The predicted octanol–water partition coefficient (Wildman–Crippen LogP) is 2.83. The van der Waals surface area contributed by atoms with Crippen LogP contribution in [0.1, 0.15) is 21.3 Å². The van der Waals surface area contributed by atoms with Crippen molar-refractivity contribution >= 4 is 33.1 Å². The topological polar surface area (TPSA) is 65.5 Å². The highest BCUT2D eigenvalue weighted by Gasteiger charge is 2.14. The average molecular weight is 341 g/mol. The Morgan fingerprint density at radius 1 is 1.29 bits per heavy atom. The van der Waals surface area contributed by atoms with Gasteiger partial charge in [0.2, 0.25) is 0 Å². The van der Waals surface area contributed by atoms with Crippen molar-refractivity contribution in [1.82, 2.24) is 10.3 Å². The molecule has 5 nitrogen and oxygen atoms in total. The number of nitrogens with one attached hydrogen (secondary N) is 1. The summed E-state index contributed by atoms with van der Waals surface area (Å²) in [6.45, 7) is 0.172. The summed E-state index contributed by atoms with van der Waals surface area (Å²) in [5.74, 6) is 0.494. The van der Waals surface area contributed by atoms with Gasteiger partial charge in [-0.05, 0) is 29.7 Å². The highest BCUT2D eigenvalue weighted by atomic mass is 32.1. The molecule has 1 amide bonds. The molecule has 1 atom stereocenters. The fourth-order valence-electron chi connectivity index (χ4n) is 2.36. The molecule has 1 aromatic carbocycles. The van der Waals surface area contributed by atoms with E-state index in [0.29, 0.717) is 11.4 Å². The van der Waals surface area contributed by atoms with Crippen LogP contribution in [0.5, 0.6) is 0 Å². The molecule has 124 valence electrons. The monoisotopic (exact) mass is 341 g/mol. The Kier molecular flexibility index (Phi) is 4.78. The van der Waals surface area contributed by atoms with Crippen LogP contribution >= 0.6 is 11.3 Å². The summed E-state index contributed by atoms with van der Waals surface area (Å²) in [6, 6.07) is 13.3. The minimum absolute atomic E-state index is 0.172. The SMILES string of the molecule is CN(C)c1cc(C(=O)NCC(O)c2cc3ccccc3s2)ccn1. The number of hydrogen-bond acceptors (Lipinski definition) is 5. The van der Waals surface area contributed by atoms with E-state index >= 15 is 0 Å². The van der Waals surface area contributed by atoms with Crippen LogP contribution in [0.2, 0.25) is 0 Å². The second-order valence-electron chi connectivity index (χ2n) is 5.71. The van der Waals surface area contributed by atoms with Gasteiger partial charge in [-0.2, -0.15) is 0 Å². The number of aliphatic hydroxyl groups excluding tert-OH is 1. The zero-order valence-corrected chi connectivity index (χ0v) is 14.4. The predicted molar refractivity (Wildman–Crippen MR) is 97.7 cm³/mol. The maximum Gasteiger partial charge on any atom is 0.251 e. The molecule has 0 saturated carbocycles. The molecule has 24 heavy (non-hydrogen) atoms. The quantitative estimate of drug-likeness (QED) is 0.749. The van der Waals surface area contributed by atoms with Gasteiger partial charge in [0.05, 0.1) is 0 Å². The number of nitrogens with zero attached hydrogens (tertiary/aromatic N) is 2. The van der Waals surface area contributed by atoms with E-state index in [9.17, 15) is 9.90 Å². The van der Waals surface area contributed by atoms with Gasteiger partial charge in [0, 0.05) is 42.0 Å². The molecular weight excluding hydrogens is 322 g/mol. The van der Waals surface area contributed by atoms with Crippen LogP contribution in [0, 0.1) is 0 Å². The molecule has 3 aromatic rings. The van der Waals surface area contributed by atoms with Gasteiger partial charge >= 0.3 is 0 Å². The Morgan fingerprint density at radius 2 is 2.08 bits per heavy atom. The number of amides is 1. The first-order valence-electron chi connectivity index (χ1n) is 7.62. The molecule has 0 radical (unpaired) electrons. The number of pyridine rings is 1. The minimum atomic E-state index is -0.721. The van der Waals surface area contributed by atoms with Crippen molar-refractivity contribution in [2.24, 2.45) is 0 Å². The van der Waals surface area contributed by atoms with Crippen molar-refractivity contribution in [3.05, 3.63) is 59.1 Å². The second kappa shape index (κ2) is 6.98. The van der Waals surface area contributed by atoms with Gasteiger partial charge < -0.3 is 15.3 Å². The number of carbonyl (C=O) groups is 1. The lowest BCUT2D eigenvalue weighted by atomic mass is 10.2. The van der Waals surface area contributed by atoms with Crippen LogP contribution in [-0.2, 0) is 0 Å². The van der Waals surface area contributed by atoms with Crippen molar-refractivity contribution in [3.63, 3.8) is 0 Å². The number of fused-ring (bicyclic) bond motifs is 1. The molecule has 0 aliphatic carbocycles. The molecule has 3 rings (SSSR count). The van der Waals surface area contributed by atoms with Gasteiger partial charge in [0.25, 0.3) is 5.91 Å². The van der Waals surface area contributed by atoms with Crippen LogP contribution in [0.25, 0.3) is 10.1 Å². The van der Waals surface area contributed by atoms with Gasteiger partial charge in [0.15, 0.2) is 0 Å². The summed E-state index contributed by atoms with van der Waals surface area (Å²) in [5, 5.41) is 14.2. The maximum absolute atomic E-state index is 12.3. The first-order chi connectivity index (χ1) is 11.5. The highest BCUT2D eigenvalue weighted by Crippen LogP contribution is 2.29. The van der Waals surface area contributed by atoms with E-state index in [1.807, 2.05) is 49.3 Å². The normalized spacial score (nSPS) is 12.1. The summed E-state index contributed by atoms with van der Waals surface area (Å²) in [6.07, 6.45) is 0.883. The van der Waals surface area contributed by atoms with Gasteiger partial charge in [-0.3, -0.25) is 4.79 Å². The second-order valence-corrected chi connectivity index (χ2v) is 6.82. The summed E-state index contributed by atoms with van der Waals surface area (Å²) in [7, 11) is 3.74. The molecule has 6 heteroatoms. The van der Waals surface area contributed by atoms with Crippen molar-refractivity contribution < 1.29 is 9.90 Å². The van der Waals surface area contributed by atoms with Crippen LogP contribution < -0.4 is 10.2 Å². The molecule has 0 bridgehead atoms. The molecule has 0 aliphatic rings. The van der Waals surface area contributed by atoms with Crippen molar-refractivity contribution in [1.29, 1.82) is 0 Å². The summed E-state index contributed by atoms with van der Waals surface area (Å²) < 4.78 is 1.13. The van der Waals surface area contributed by atoms with Gasteiger partial charge in [-0.1, -0.05) is 18.2 Å². The molecule has 0 fully saturated rings. The summed E-state index contributed by atoms with van der Waals surface area (Å²) >= 11 is 1.54. The van der Waals surface area contributed by atoms with Gasteiger partial charge in [0.1, 0.15) is 11.9 Å². The van der Waals surface area contributed by atoms with Crippen molar-refractivity contribution in [3.8, 4) is 0 Å². The van der Waals surface area contributed by atoms with Crippen LogP contribution in [-0.4, -0.2) is 36.6 Å². The van der Waals surface area contributed by atoms with Crippen LogP contribution in [0.4, 0.5) is 5.82 Å². The Morgan fingerprint density at radius 3 is 2.83 bits per heavy atom. The Hall–Kier alpha value is -2.44. The lowest BCUT2D eigenvalue weighted by Gasteiger charge is -2.13. The Bertz CT molecular complexity index is 827. The Balaban J connectivity index is 1.66. The summed E-state index contributed by atoms with van der Waals surface area (Å²) in [5.41, 5.74) is 0.525. The maximum atomic E-state index is 12.3. The third-order valence-electron chi connectivity index (χ3n) is 3.69. The number of carbonyl (C=O) groups excluding carboxylic acids is 1. The first kappa shape index (κ1) is 16.4. The molecular formula is C18H19N3O2S. The largest absolute Gasteiger partial charge is 0.386 e. The zero-order valence-electron chi connectivity index (χ0n) is 13.6. The number of aliphatic hydroxyl groups is 1. The number of anilines is 1. The average Bonchev–Trinajstić information content (AvgIpc) is 3.03. The van der Waals surface area contributed by atoms with E-state index in [4.69, 9.17) is 0 Å². The number of benzene rings is 1. The van der Waals surface area contributed by atoms with Crippen molar-refractivity contribution in [2.45, 2.75) is 6.10 Å². The lowest BCUT2D eigenvalue weighted by molar-refractivity contribution is 0.0918. The number of hydrogen-bond donors (Lipinski definition) is 2. The molecule has 0 aliphatic heterocycles. The van der Waals surface area contributed by atoms with E-state index in [1.165, 1.54) is 0 Å². The molecule has 0 saturated heterocycles. The smallest absolute Gasteiger partial charge is 0.251 e. The molecule has 0 spiro atoms. The van der Waals surface area contributed by atoms with E-state index < -0.39 is 6.10 Å². The third-order valence-corrected chi connectivity index (χ3v) is 4.91. The number of rotatable bonds is 5. The fourth-order valence-corrected chi connectivity index (χ4v) is 3.41. The molecule has 2 heterocycles. The van der Waals surface area contributed by atoms with Gasteiger partial charge in [-0.25, -0.2) is 4.98 Å². The van der Waals surface area contributed by atoms with Crippen LogP contribution in [0.15, 0.2) is 48.7 Å². The lowest BCUT2D eigenvalue weighted by Crippen LogP contribution is -2.28. The van der Waals surface area contributed by atoms with Crippen LogP contribution in [0.3, 0.4) is 0 Å². The standard InChI is InChI=1S/C18H19N3O2S/c1-21(2)17-10-13(7-8-19-17)18(23)20-11-14(22)16-9-12-5-3-4-6-15(12)24-16/h3-10,14,22H,11H2,1-2H3,(H,20,23). The number of aromatic nitrogens is 1. The zero-order chi connectivity index (χ0) is 17.1. The molecule has 2 aromatic heterocycles. The van der Waals surface area contributed by atoms with E-state index in [-0.39, 0.29) is 12.5 Å². The third kappa shape index (κ3) is 3.55. The summed E-state index contributed by atoms with van der Waals surface area (Å²) in [4.78, 5) is 19.1. The molecule has 2 N–H and O–H groups in total. The fraction of sp³-hybridized carbons (Fsp3) is 0.222. The first-order valence-corrected chi connectivity index (χ1v) is 8.44. The molecule has 1 unspecified atom stereocenters. The van der Waals surface area contributed by atoms with E-state index in [1.54, 1.807) is 29.7 Å². The van der Waals surface area contributed by atoms with E-state index in [0.717, 1.165) is 15.0 Å².